The van der Waals surface area contributed by atoms with Crippen LogP contribution in [-0.2, 0) is 12.1 Å². The van der Waals surface area contributed by atoms with Gasteiger partial charge in [-0.15, -0.1) is 0 Å². The summed E-state index contributed by atoms with van der Waals surface area (Å²) < 4.78 is 0. The van der Waals surface area contributed by atoms with Crippen LogP contribution >= 0.6 is 0 Å². The smallest absolute Gasteiger partial charge is 0.159 e. The Morgan fingerprint density at radius 1 is 0.853 bits per heavy atom. The van der Waals surface area contributed by atoms with Crippen LogP contribution < -0.4 is 0 Å². The Morgan fingerprint density at radius 2 is 1.50 bits per heavy atom. The van der Waals surface area contributed by atoms with Crippen LogP contribution in [0.3, 0.4) is 0 Å². The van der Waals surface area contributed by atoms with Crippen LogP contribution in [0.2, 0.25) is 0 Å². The Labute approximate surface area is 205 Å². The molecule has 1 heterocycles. The zero-order valence-electron chi connectivity index (χ0n) is 21.5. The number of rotatable bonds is 6. The highest BCUT2D eigenvalue weighted by Gasteiger charge is 2.42. The Hall–Kier alpha value is -2.75. The largest absolute Gasteiger partial charge is 0.295 e. The van der Waals surface area contributed by atoms with E-state index >= 15 is 0 Å². The van der Waals surface area contributed by atoms with Crippen molar-refractivity contribution in [2.75, 3.05) is 13.1 Å². The Bertz CT molecular complexity index is 1150. The molecule has 0 spiro atoms. The summed E-state index contributed by atoms with van der Waals surface area (Å²) in [5.41, 5.74) is 6.97. The van der Waals surface area contributed by atoms with Crippen LogP contribution in [0.5, 0.6) is 0 Å². The number of ketones is 1. The van der Waals surface area contributed by atoms with Crippen molar-refractivity contribution in [1.82, 2.24) is 9.80 Å². The molecule has 178 valence electrons. The Balaban J connectivity index is 1.68. The maximum Gasteiger partial charge on any atom is 0.159 e. The number of hydrogen-bond acceptors (Lipinski definition) is 3. The van der Waals surface area contributed by atoms with Crippen LogP contribution in [0, 0.1) is 13.8 Å². The molecule has 0 saturated carbocycles. The molecule has 0 amide bonds. The minimum absolute atomic E-state index is 0.107. The van der Waals surface area contributed by atoms with E-state index in [2.05, 4.69) is 105 Å². The van der Waals surface area contributed by atoms with Crippen LogP contribution in [0.1, 0.15) is 65.9 Å². The van der Waals surface area contributed by atoms with E-state index in [4.69, 9.17) is 0 Å². The van der Waals surface area contributed by atoms with E-state index in [1.807, 2.05) is 12.1 Å². The third-order valence-electron chi connectivity index (χ3n) is 7.59. The molecule has 0 unspecified atom stereocenters. The fourth-order valence-electron chi connectivity index (χ4n) is 5.56. The second kappa shape index (κ2) is 9.85. The van der Waals surface area contributed by atoms with Crippen molar-refractivity contribution in [1.29, 1.82) is 0 Å². The highest BCUT2D eigenvalue weighted by atomic mass is 16.1. The topological polar surface area (TPSA) is 23.6 Å². The zero-order valence-corrected chi connectivity index (χ0v) is 21.5. The first kappa shape index (κ1) is 24.4. The molecule has 0 bridgehead atoms. The third kappa shape index (κ3) is 4.87. The first-order chi connectivity index (χ1) is 16.2. The molecule has 34 heavy (non-hydrogen) atoms. The minimum atomic E-state index is -0.287. The number of aryl methyl sites for hydroxylation is 2. The summed E-state index contributed by atoms with van der Waals surface area (Å²) in [7, 11) is 0. The van der Waals surface area contributed by atoms with Crippen LogP contribution in [0.4, 0.5) is 0 Å². The second-order valence-corrected chi connectivity index (χ2v) is 10.3. The number of hydrogen-bond donors (Lipinski definition) is 0. The van der Waals surface area contributed by atoms with E-state index < -0.39 is 0 Å². The summed E-state index contributed by atoms with van der Waals surface area (Å²) in [6, 6.07) is 26.8. The van der Waals surface area contributed by atoms with Gasteiger partial charge in [-0.2, -0.15) is 0 Å². The fraction of sp³-hybridized carbons (Fsp3) is 0.387. The molecule has 1 saturated heterocycles. The minimum Gasteiger partial charge on any atom is -0.295 e. The molecule has 3 nitrogen and oxygen atoms in total. The lowest BCUT2D eigenvalue weighted by atomic mass is 9.80. The molecule has 1 fully saturated rings. The van der Waals surface area contributed by atoms with E-state index in [0.717, 1.165) is 25.2 Å². The lowest BCUT2D eigenvalue weighted by Gasteiger charge is -2.52. The summed E-state index contributed by atoms with van der Waals surface area (Å²) >= 11 is 0. The van der Waals surface area contributed by atoms with Gasteiger partial charge in [0.1, 0.15) is 0 Å². The van der Waals surface area contributed by atoms with Gasteiger partial charge in [-0.25, -0.2) is 0 Å². The second-order valence-electron chi connectivity index (χ2n) is 10.3. The van der Waals surface area contributed by atoms with Crippen molar-refractivity contribution in [2.45, 2.75) is 65.7 Å². The van der Waals surface area contributed by atoms with Gasteiger partial charge in [-0.3, -0.25) is 14.6 Å². The standard InChI is InChI=1S/C31H38N2O/c1-22-9-7-11-27(17-22)21-32-19-25(4)33(20-24(32)3)31(6,30-12-8-10-23(2)18-30)29-15-13-28(14-16-29)26(5)34/h7-18,24-25H,19-21H2,1-6H3/t24-,25+,31-/m1/s1. The van der Waals surface area contributed by atoms with E-state index in [-0.39, 0.29) is 11.3 Å². The first-order valence-electron chi connectivity index (χ1n) is 12.4. The van der Waals surface area contributed by atoms with Gasteiger partial charge in [0.2, 0.25) is 0 Å². The van der Waals surface area contributed by atoms with E-state index in [0.29, 0.717) is 12.1 Å². The first-order valence-corrected chi connectivity index (χ1v) is 12.4. The highest BCUT2D eigenvalue weighted by molar-refractivity contribution is 5.94. The monoisotopic (exact) mass is 454 g/mol. The molecule has 3 atom stereocenters. The van der Waals surface area contributed by atoms with Gasteiger partial charge in [0.15, 0.2) is 5.78 Å². The Morgan fingerprint density at radius 3 is 2.12 bits per heavy atom. The van der Waals surface area contributed by atoms with Gasteiger partial charge in [-0.1, -0.05) is 83.9 Å². The predicted molar refractivity (Wildman–Crippen MR) is 141 cm³/mol. The van der Waals surface area contributed by atoms with Crippen LogP contribution in [0.25, 0.3) is 0 Å². The molecule has 0 aromatic heterocycles. The normalized spacial score (nSPS) is 21.2. The molecular weight excluding hydrogens is 416 g/mol. The molecule has 3 heteroatoms. The summed E-state index contributed by atoms with van der Waals surface area (Å²) in [5.74, 6) is 0.107. The number of carbonyl (C=O) groups excluding carboxylic acids is 1. The molecule has 1 aliphatic rings. The molecule has 1 aliphatic heterocycles. The average molecular weight is 455 g/mol. The molecule has 0 radical (unpaired) electrons. The molecule has 0 aliphatic carbocycles. The molecule has 4 rings (SSSR count). The number of piperazine rings is 1. The van der Waals surface area contributed by atoms with Gasteiger partial charge in [0, 0.05) is 37.3 Å². The zero-order chi connectivity index (χ0) is 24.5. The summed E-state index contributed by atoms with van der Waals surface area (Å²) in [4.78, 5) is 17.2. The molecule has 0 N–H and O–H groups in total. The van der Waals surface area contributed by atoms with Crippen LogP contribution in [-0.4, -0.2) is 40.8 Å². The third-order valence-corrected chi connectivity index (χ3v) is 7.59. The van der Waals surface area contributed by atoms with Crippen molar-refractivity contribution in [2.24, 2.45) is 0 Å². The quantitative estimate of drug-likeness (QED) is 0.405. The van der Waals surface area contributed by atoms with E-state index in [9.17, 15) is 4.79 Å². The van der Waals surface area contributed by atoms with E-state index in [1.165, 1.54) is 27.8 Å². The maximum absolute atomic E-state index is 11.9. The van der Waals surface area contributed by atoms with Crippen molar-refractivity contribution in [3.05, 3.63) is 106 Å². The lowest BCUT2D eigenvalue weighted by molar-refractivity contribution is -0.0152. The highest BCUT2D eigenvalue weighted by Crippen LogP contribution is 2.39. The fourth-order valence-corrected chi connectivity index (χ4v) is 5.56. The lowest BCUT2D eigenvalue weighted by Crippen LogP contribution is -2.62. The van der Waals surface area contributed by atoms with Crippen molar-refractivity contribution < 1.29 is 4.79 Å². The van der Waals surface area contributed by atoms with Gasteiger partial charge in [0.05, 0.1) is 5.54 Å². The van der Waals surface area contributed by atoms with Crippen molar-refractivity contribution in [3.8, 4) is 0 Å². The van der Waals surface area contributed by atoms with Gasteiger partial charge in [-0.05, 0) is 58.2 Å². The van der Waals surface area contributed by atoms with Gasteiger partial charge in [0.25, 0.3) is 0 Å². The predicted octanol–water partition coefficient (Wildman–Crippen LogP) is 6.36. The number of benzene rings is 3. The van der Waals surface area contributed by atoms with Crippen LogP contribution in [0.15, 0.2) is 72.8 Å². The SMILES string of the molecule is CC(=O)c1ccc([C@](C)(c2cccc(C)c2)N2C[C@@H](C)N(Cc3cccc(C)c3)C[C@@H]2C)cc1. The van der Waals surface area contributed by atoms with Crippen molar-refractivity contribution in [3.63, 3.8) is 0 Å². The Kier molecular flexibility index (Phi) is 7.06. The molecule has 3 aromatic rings. The number of carbonyl (C=O) groups is 1. The number of nitrogens with zero attached hydrogens (tertiary/aromatic N) is 2. The number of Topliss-reactive ketones (excluding diaryl/α,β-unsaturated/α-hetero) is 1. The summed E-state index contributed by atoms with van der Waals surface area (Å²) in [5, 5.41) is 0. The molecular formula is C31H38N2O. The average Bonchev–Trinajstić information content (AvgIpc) is 2.81. The summed E-state index contributed by atoms with van der Waals surface area (Å²) in [6.45, 7) is 16.0. The summed E-state index contributed by atoms with van der Waals surface area (Å²) in [6.07, 6.45) is 0. The van der Waals surface area contributed by atoms with E-state index in [1.54, 1.807) is 6.92 Å². The van der Waals surface area contributed by atoms with Crippen molar-refractivity contribution >= 4 is 5.78 Å². The van der Waals surface area contributed by atoms with Gasteiger partial charge >= 0.3 is 0 Å². The van der Waals surface area contributed by atoms with Gasteiger partial charge < -0.3 is 0 Å². The maximum atomic E-state index is 11.9. The molecule has 3 aromatic carbocycles.